The molecule has 0 radical (unpaired) electrons. The Bertz CT molecular complexity index is 575. The summed E-state index contributed by atoms with van der Waals surface area (Å²) in [6, 6.07) is 14.3. The second-order valence-corrected chi connectivity index (χ2v) is 5.71. The Morgan fingerprint density at radius 2 is 1.76 bits per heavy atom. The van der Waals surface area contributed by atoms with Crippen LogP contribution in [-0.2, 0) is 6.42 Å². The summed E-state index contributed by atoms with van der Waals surface area (Å²) in [4.78, 5) is 0. The molecule has 0 spiro atoms. The zero-order valence-corrected chi connectivity index (χ0v) is 13.1. The molecule has 0 amide bonds. The van der Waals surface area contributed by atoms with Gasteiger partial charge in [0.1, 0.15) is 5.82 Å². The SMILES string of the molecule is CCCNC(Cc1ccc(C)cc1)c1ccc(C)c(F)c1. The van der Waals surface area contributed by atoms with Crippen molar-refractivity contribution in [1.82, 2.24) is 5.32 Å². The van der Waals surface area contributed by atoms with Crippen LogP contribution in [0, 0.1) is 19.7 Å². The second kappa shape index (κ2) is 7.37. The highest BCUT2D eigenvalue weighted by molar-refractivity contribution is 5.29. The monoisotopic (exact) mass is 285 g/mol. The summed E-state index contributed by atoms with van der Waals surface area (Å²) in [6.07, 6.45) is 1.95. The summed E-state index contributed by atoms with van der Waals surface area (Å²) in [6.45, 7) is 6.97. The van der Waals surface area contributed by atoms with Gasteiger partial charge in [-0.15, -0.1) is 0 Å². The number of hydrogen-bond donors (Lipinski definition) is 1. The Balaban J connectivity index is 2.20. The van der Waals surface area contributed by atoms with Crippen molar-refractivity contribution in [2.24, 2.45) is 0 Å². The lowest BCUT2D eigenvalue weighted by atomic mass is 9.97. The molecule has 0 fully saturated rings. The van der Waals surface area contributed by atoms with Crippen molar-refractivity contribution >= 4 is 0 Å². The second-order valence-electron chi connectivity index (χ2n) is 5.71. The molecule has 1 nitrogen and oxygen atoms in total. The van der Waals surface area contributed by atoms with E-state index in [1.54, 1.807) is 13.0 Å². The number of rotatable bonds is 6. The lowest BCUT2D eigenvalue weighted by Crippen LogP contribution is -2.24. The first-order chi connectivity index (χ1) is 10.1. The Morgan fingerprint density at radius 3 is 2.38 bits per heavy atom. The van der Waals surface area contributed by atoms with Crippen molar-refractivity contribution in [2.75, 3.05) is 6.54 Å². The largest absolute Gasteiger partial charge is 0.310 e. The van der Waals surface area contributed by atoms with Crippen molar-refractivity contribution in [3.8, 4) is 0 Å². The van der Waals surface area contributed by atoms with E-state index in [0.717, 1.165) is 24.9 Å². The third kappa shape index (κ3) is 4.40. The number of aryl methyl sites for hydroxylation is 2. The average Bonchev–Trinajstić information content (AvgIpc) is 2.48. The van der Waals surface area contributed by atoms with E-state index in [0.29, 0.717) is 5.56 Å². The fraction of sp³-hybridized carbons (Fsp3) is 0.368. The number of halogens is 1. The fourth-order valence-electron chi connectivity index (χ4n) is 2.41. The van der Waals surface area contributed by atoms with Crippen molar-refractivity contribution in [1.29, 1.82) is 0 Å². The molecule has 1 N–H and O–H groups in total. The molecule has 1 unspecified atom stereocenters. The molecule has 0 heterocycles. The van der Waals surface area contributed by atoms with Gasteiger partial charge in [-0.25, -0.2) is 4.39 Å². The summed E-state index contributed by atoms with van der Waals surface area (Å²) >= 11 is 0. The van der Waals surface area contributed by atoms with Crippen LogP contribution >= 0.6 is 0 Å². The molecule has 112 valence electrons. The third-order valence-corrected chi connectivity index (χ3v) is 3.80. The third-order valence-electron chi connectivity index (χ3n) is 3.80. The molecule has 0 aliphatic rings. The van der Waals surface area contributed by atoms with Crippen LogP contribution in [0.15, 0.2) is 42.5 Å². The van der Waals surface area contributed by atoms with E-state index >= 15 is 0 Å². The molecule has 0 bridgehead atoms. The zero-order chi connectivity index (χ0) is 15.2. The summed E-state index contributed by atoms with van der Waals surface area (Å²) in [5.41, 5.74) is 4.25. The minimum Gasteiger partial charge on any atom is -0.310 e. The van der Waals surface area contributed by atoms with Crippen molar-refractivity contribution < 1.29 is 4.39 Å². The molecule has 0 saturated heterocycles. The molecule has 1 atom stereocenters. The van der Waals surface area contributed by atoms with Gasteiger partial charge in [0, 0.05) is 6.04 Å². The van der Waals surface area contributed by atoms with Crippen LogP contribution < -0.4 is 5.32 Å². The Labute approximate surface area is 127 Å². The highest BCUT2D eigenvalue weighted by Crippen LogP contribution is 2.21. The van der Waals surface area contributed by atoms with E-state index in [9.17, 15) is 4.39 Å². The van der Waals surface area contributed by atoms with Gasteiger partial charge in [0.25, 0.3) is 0 Å². The molecule has 2 heteroatoms. The number of benzene rings is 2. The van der Waals surface area contributed by atoms with Crippen LogP contribution in [0.4, 0.5) is 4.39 Å². The van der Waals surface area contributed by atoms with Gasteiger partial charge in [-0.3, -0.25) is 0 Å². The van der Waals surface area contributed by atoms with Gasteiger partial charge in [-0.1, -0.05) is 48.9 Å². The van der Waals surface area contributed by atoms with Crippen molar-refractivity contribution in [3.05, 3.63) is 70.5 Å². The number of hydrogen-bond acceptors (Lipinski definition) is 1. The number of nitrogens with one attached hydrogen (secondary N) is 1. The van der Waals surface area contributed by atoms with Crippen LogP contribution in [-0.4, -0.2) is 6.54 Å². The lowest BCUT2D eigenvalue weighted by Gasteiger charge is -2.20. The Hall–Kier alpha value is -1.67. The quantitative estimate of drug-likeness (QED) is 0.809. The maximum atomic E-state index is 13.8. The topological polar surface area (TPSA) is 12.0 Å². The summed E-state index contributed by atoms with van der Waals surface area (Å²) in [5, 5.41) is 3.53. The van der Waals surface area contributed by atoms with Crippen LogP contribution in [0.3, 0.4) is 0 Å². The van der Waals surface area contributed by atoms with E-state index in [1.807, 2.05) is 12.1 Å². The van der Waals surface area contributed by atoms with Gasteiger partial charge in [-0.2, -0.15) is 0 Å². The normalized spacial score (nSPS) is 12.4. The molecular formula is C19H24FN. The first kappa shape index (κ1) is 15.7. The highest BCUT2D eigenvalue weighted by atomic mass is 19.1. The zero-order valence-electron chi connectivity index (χ0n) is 13.1. The smallest absolute Gasteiger partial charge is 0.126 e. The minimum atomic E-state index is -0.125. The van der Waals surface area contributed by atoms with Crippen molar-refractivity contribution in [2.45, 2.75) is 39.7 Å². The molecule has 2 rings (SSSR count). The molecular weight excluding hydrogens is 261 g/mol. The predicted octanol–water partition coefficient (Wildman–Crippen LogP) is 4.73. The molecule has 21 heavy (non-hydrogen) atoms. The van der Waals surface area contributed by atoms with Gasteiger partial charge in [0.15, 0.2) is 0 Å². The lowest BCUT2D eigenvalue weighted by molar-refractivity contribution is 0.523. The standard InChI is InChI=1S/C19H24FN/c1-4-11-21-19(12-16-8-5-14(2)6-9-16)17-10-7-15(3)18(20)13-17/h5-10,13,19,21H,4,11-12H2,1-3H3. The molecule has 2 aromatic carbocycles. The average molecular weight is 285 g/mol. The van der Waals surface area contributed by atoms with Crippen LogP contribution in [0.2, 0.25) is 0 Å². The molecule has 0 aromatic heterocycles. The molecule has 0 aliphatic carbocycles. The van der Waals surface area contributed by atoms with Crippen molar-refractivity contribution in [3.63, 3.8) is 0 Å². The maximum absolute atomic E-state index is 13.8. The molecule has 0 aliphatic heterocycles. The fourth-order valence-corrected chi connectivity index (χ4v) is 2.41. The van der Waals surface area contributed by atoms with Gasteiger partial charge in [-0.05, 0) is 56.0 Å². The van der Waals surface area contributed by atoms with E-state index in [4.69, 9.17) is 0 Å². The van der Waals surface area contributed by atoms with E-state index in [-0.39, 0.29) is 11.9 Å². The molecule has 0 saturated carbocycles. The summed E-state index contributed by atoms with van der Waals surface area (Å²) < 4.78 is 13.8. The maximum Gasteiger partial charge on any atom is 0.126 e. The van der Waals surface area contributed by atoms with E-state index in [1.165, 1.54) is 11.1 Å². The highest BCUT2D eigenvalue weighted by Gasteiger charge is 2.13. The van der Waals surface area contributed by atoms with Gasteiger partial charge in [0.2, 0.25) is 0 Å². The molecule has 2 aromatic rings. The van der Waals surface area contributed by atoms with E-state index < -0.39 is 0 Å². The van der Waals surface area contributed by atoms with Crippen LogP contribution in [0.25, 0.3) is 0 Å². The predicted molar refractivity (Wildman–Crippen MR) is 87.1 cm³/mol. The van der Waals surface area contributed by atoms with Gasteiger partial charge in [0.05, 0.1) is 0 Å². The first-order valence-electron chi connectivity index (χ1n) is 7.65. The minimum absolute atomic E-state index is 0.125. The van der Waals surface area contributed by atoms with Gasteiger partial charge < -0.3 is 5.32 Å². The Kier molecular flexibility index (Phi) is 5.51. The summed E-state index contributed by atoms with van der Waals surface area (Å²) in [7, 11) is 0. The summed E-state index contributed by atoms with van der Waals surface area (Å²) in [5.74, 6) is -0.125. The van der Waals surface area contributed by atoms with Crippen LogP contribution in [0.5, 0.6) is 0 Å². The van der Waals surface area contributed by atoms with Gasteiger partial charge >= 0.3 is 0 Å². The van der Waals surface area contributed by atoms with E-state index in [2.05, 4.69) is 43.4 Å². The first-order valence-corrected chi connectivity index (χ1v) is 7.65. The Morgan fingerprint density at radius 1 is 1.05 bits per heavy atom. The van der Waals surface area contributed by atoms with Crippen LogP contribution in [0.1, 0.15) is 41.6 Å².